The van der Waals surface area contributed by atoms with Crippen LogP contribution >= 0.6 is 0 Å². The van der Waals surface area contributed by atoms with Crippen LogP contribution in [0.15, 0.2) is 12.4 Å². The minimum Gasteiger partial charge on any atom is -0.393 e. The zero-order valence-electron chi connectivity index (χ0n) is 6.82. The summed E-state index contributed by atoms with van der Waals surface area (Å²) in [6.45, 7) is 0. The first-order chi connectivity index (χ1) is 6.25. The molecule has 5 heteroatoms. The van der Waals surface area contributed by atoms with Crippen molar-refractivity contribution in [3.63, 3.8) is 0 Å². The van der Waals surface area contributed by atoms with Crippen LogP contribution in [0.4, 0.5) is 0 Å². The Balaban J connectivity index is 2.16. The van der Waals surface area contributed by atoms with Gasteiger partial charge in [0.1, 0.15) is 5.82 Å². The SMILES string of the molecule is O=C1CC(c2ncc[nH]2)CC(=O)O1. The standard InChI is InChI=1S/C8H8N2O3/c11-6-3-5(4-7(12)13-6)8-9-1-2-10-8/h1-2,5H,3-4H2,(H,9,10). The van der Waals surface area contributed by atoms with Gasteiger partial charge in [-0.25, -0.2) is 4.98 Å². The molecule has 0 spiro atoms. The Bertz CT molecular complexity index is 315. The summed E-state index contributed by atoms with van der Waals surface area (Å²) in [6.07, 6.45) is 3.71. The maximum absolute atomic E-state index is 10.9. The first kappa shape index (κ1) is 7.97. The summed E-state index contributed by atoms with van der Waals surface area (Å²) in [5.74, 6) is -0.427. The minimum absolute atomic E-state index is 0.149. The van der Waals surface area contributed by atoms with E-state index in [2.05, 4.69) is 14.7 Å². The van der Waals surface area contributed by atoms with Crippen molar-refractivity contribution in [2.45, 2.75) is 18.8 Å². The van der Waals surface area contributed by atoms with E-state index in [1.807, 2.05) is 0 Å². The van der Waals surface area contributed by atoms with E-state index in [4.69, 9.17) is 0 Å². The minimum atomic E-state index is -0.474. The number of H-pyrrole nitrogens is 1. The van der Waals surface area contributed by atoms with Crippen molar-refractivity contribution in [2.75, 3.05) is 0 Å². The van der Waals surface area contributed by atoms with Crippen LogP contribution in [0.3, 0.4) is 0 Å². The number of hydrogen-bond acceptors (Lipinski definition) is 4. The molecule has 1 fully saturated rings. The van der Waals surface area contributed by atoms with Crippen molar-refractivity contribution in [1.82, 2.24) is 9.97 Å². The number of nitrogens with zero attached hydrogens (tertiary/aromatic N) is 1. The second kappa shape index (κ2) is 3.01. The van der Waals surface area contributed by atoms with Gasteiger partial charge >= 0.3 is 11.9 Å². The molecule has 5 nitrogen and oxygen atoms in total. The fourth-order valence-electron chi connectivity index (χ4n) is 1.38. The molecule has 2 heterocycles. The van der Waals surface area contributed by atoms with Crippen LogP contribution in [0.25, 0.3) is 0 Å². The lowest BCUT2D eigenvalue weighted by atomic mass is 9.99. The number of carbonyl (C=O) groups excluding carboxylic acids is 2. The quantitative estimate of drug-likeness (QED) is 0.500. The summed E-state index contributed by atoms with van der Waals surface area (Å²) in [6, 6.07) is 0. The fourth-order valence-corrected chi connectivity index (χ4v) is 1.38. The number of cyclic esters (lactones) is 2. The molecule has 1 aromatic rings. The molecule has 0 radical (unpaired) electrons. The first-order valence-corrected chi connectivity index (χ1v) is 3.98. The van der Waals surface area contributed by atoms with Crippen LogP contribution in [0.5, 0.6) is 0 Å². The van der Waals surface area contributed by atoms with E-state index in [0.29, 0.717) is 5.82 Å². The first-order valence-electron chi connectivity index (χ1n) is 3.98. The molecule has 1 saturated heterocycles. The van der Waals surface area contributed by atoms with Gasteiger partial charge < -0.3 is 9.72 Å². The monoisotopic (exact) mass is 180 g/mol. The van der Waals surface area contributed by atoms with Gasteiger partial charge in [-0.1, -0.05) is 0 Å². The third-order valence-corrected chi connectivity index (χ3v) is 1.96. The highest BCUT2D eigenvalue weighted by molar-refractivity contribution is 5.89. The number of aromatic nitrogens is 2. The Morgan fingerprint density at radius 3 is 2.62 bits per heavy atom. The van der Waals surface area contributed by atoms with Crippen LogP contribution in [0.1, 0.15) is 24.6 Å². The van der Waals surface area contributed by atoms with Crippen molar-refractivity contribution in [2.24, 2.45) is 0 Å². The van der Waals surface area contributed by atoms with Gasteiger partial charge in [0.15, 0.2) is 0 Å². The van der Waals surface area contributed by atoms with Crippen LogP contribution in [0.2, 0.25) is 0 Å². The van der Waals surface area contributed by atoms with Crippen molar-refractivity contribution in [1.29, 1.82) is 0 Å². The fraction of sp³-hybridized carbons (Fsp3) is 0.375. The number of nitrogens with one attached hydrogen (secondary N) is 1. The summed E-state index contributed by atoms with van der Waals surface area (Å²) in [4.78, 5) is 28.7. The number of imidazole rings is 1. The van der Waals surface area contributed by atoms with Gasteiger partial charge in [0, 0.05) is 18.3 Å². The lowest BCUT2D eigenvalue weighted by molar-refractivity contribution is -0.164. The average Bonchev–Trinajstić information content (AvgIpc) is 2.53. The number of esters is 2. The highest BCUT2D eigenvalue weighted by atomic mass is 16.6. The Morgan fingerprint density at radius 1 is 1.38 bits per heavy atom. The van der Waals surface area contributed by atoms with Crippen molar-refractivity contribution >= 4 is 11.9 Å². The number of hydrogen-bond donors (Lipinski definition) is 1. The summed E-state index contributed by atoms with van der Waals surface area (Å²) < 4.78 is 4.39. The third kappa shape index (κ3) is 1.58. The molecule has 13 heavy (non-hydrogen) atoms. The summed E-state index contributed by atoms with van der Waals surface area (Å²) in [5.41, 5.74) is 0. The van der Waals surface area contributed by atoms with Crippen molar-refractivity contribution in [3.05, 3.63) is 18.2 Å². The second-order valence-corrected chi connectivity index (χ2v) is 2.93. The van der Waals surface area contributed by atoms with Crippen molar-refractivity contribution < 1.29 is 14.3 Å². The van der Waals surface area contributed by atoms with E-state index in [1.165, 1.54) is 0 Å². The molecule has 1 aliphatic heterocycles. The highest BCUT2D eigenvalue weighted by Gasteiger charge is 2.29. The molecular weight excluding hydrogens is 172 g/mol. The van der Waals surface area contributed by atoms with Gasteiger partial charge in [0.2, 0.25) is 0 Å². The predicted molar refractivity (Wildman–Crippen MR) is 41.7 cm³/mol. The van der Waals surface area contributed by atoms with Gasteiger partial charge in [0.05, 0.1) is 12.8 Å². The molecule has 1 aliphatic rings. The molecule has 2 rings (SSSR count). The predicted octanol–water partition coefficient (Wildman–Crippen LogP) is 0.357. The van der Waals surface area contributed by atoms with Crippen LogP contribution in [-0.2, 0) is 14.3 Å². The molecule has 0 aliphatic carbocycles. The number of carbonyl (C=O) groups is 2. The topological polar surface area (TPSA) is 72.0 Å². The van der Waals surface area contributed by atoms with E-state index < -0.39 is 11.9 Å². The Hall–Kier alpha value is -1.65. The van der Waals surface area contributed by atoms with E-state index in [-0.39, 0.29) is 18.8 Å². The molecular formula is C8H8N2O3. The van der Waals surface area contributed by atoms with E-state index >= 15 is 0 Å². The van der Waals surface area contributed by atoms with Gasteiger partial charge in [0.25, 0.3) is 0 Å². The average molecular weight is 180 g/mol. The Morgan fingerprint density at radius 2 is 2.08 bits per heavy atom. The lowest BCUT2D eigenvalue weighted by Crippen LogP contribution is -2.24. The Kier molecular flexibility index (Phi) is 1.84. The van der Waals surface area contributed by atoms with Gasteiger partial charge in [-0.15, -0.1) is 0 Å². The molecule has 0 unspecified atom stereocenters. The molecule has 68 valence electrons. The smallest absolute Gasteiger partial charge is 0.314 e. The normalized spacial score (nSPS) is 18.8. The highest BCUT2D eigenvalue weighted by Crippen LogP contribution is 2.24. The van der Waals surface area contributed by atoms with Crippen molar-refractivity contribution in [3.8, 4) is 0 Å². The second-order valence-electron chi connectivity index (χ2n) is 2.93. The summed E-state index contributed by atoms with van der Waals surface area (Å²) in [5, 5.41) is 0. The zero-order chi connectivity index (χ0) is 9.26. The maximum atomic E-state index is 10.9. The van der Waals surface area contributed by atoms with E-state index in [9.17, 15) is 9.59 Å². The zero-order valence-corrected chi connectivity index (χ0v) is 6.82. The van der Waals surface area contributed by atoms with E-state index in [1.54, 1.807) is 12.4 Å². The molecule has 0 saturated carbocycles. The molecule has 0 bridgehead atoms. The third-order valence-electron chi connectivity index (χ3n) is 1.96. The maximum Gasteiger partial charge on any atom is 0.314 e. The van der Waals surface area contributed by atoms with Gasteiger partial charge in [-0.05, 0) is 0 Å². The molecule has 0 aromatic carbocycles. The number of rotatable bonds is 1. The molecule has 1 aromatic heterocycles. The van der Waals surface area contributed by atoms with Crippen LogP contribution in [0, 0.1) is 0 Å². The Labute approximate surface area is 74.1 Å². The molecule has 1 N–H and O–H groups in total. The summed E-state index contributed by atoms with van der Waals surface area (Å²) in [7, 11) is 0. The molecule has 0 amide bonds. The molecule has 0 atom stereocenters. The van der Waals surface area contributed by atoms with Crippen LogP contribution < -0.4 is 0 Å². The largest absolute Gasteiger partial charge is 0.393 e. The van der Waals surface area contributed by atoms with Crippen LogP contribution in [-0.4, -0.2) is 21.9 Å². The van der Waals surface area contributed by atoms with Gasteiger partial charge in [-0.2, -0.15) is 0 Å². The van der Waals surface area contributed by atoms with Gasteiger partial charge in [-0.3, -0.25) is 9.59 Å². The number of aromatic amines is 1. The van der Waals surface area contributed by atoms with E-state index in [0.717, 1.165) is 0 Å². The summed E-state index contributed by atoms with van der Waals surface area (Å²) >= 11 is 0. The number of ether oxygens (including phenoxy) is 1. The lowest BCUT2D eigenvalue weighted by Gasteiger charge is -2.17.